The van der Waals surface area contributed by atoms with E-state index in [1.807, 2.05) is 32.3 Å². The van der Waals surface area contributed by atoms with Crippen LogP contribution in [0.1, 0.15) is 5.56 Å². The lowest BCUT2D eigenvalue weighted by atomic mass is 10.1. The van der Waals surface area contributed by atoms with Crippen LogP contribution in [0.4, 0.5) is 0 Å². The highest BCUT2D eigenvalue weighted by atomic mass is 35.5. The van der Waals surface area contributed by atoms with E-state index in [-0.39, 0.29) is 0 Å². The molecule has 0 fully saturated rings. The third-order valence-corrected chi connectivity index (χ3v) is 4.10. The Hall–Kier alpha value is -1.88. The zero-order valence-corrected chi connectivity index (χ0v) is 14.4. The zero-order chi connectivity index (χ0) is 16.4. The number of aromatic amines is 1. The Kier molecular flexibility index (Phi) is 4.66. The van der Waals surface area contributed by atoms with Crippen LogP contribution in [0.25, 0.3) is 22.8 Å². The molecule has 0 saturated heterocycles. The smallest absolute Gasteiger partial charge is 0.181 e. The zero-order valence-electron chi connectivity index (χ0n) is 12.8. The number of nitrogens with one attached hydrogen (secondary N) is 1. The Morgan fingerprint density at radius 2 is 1.83 bits per heavy atom. The molecule has 0 saturated carbocycles. The van der Waals surface area contributed by atoms with Crippen LogP contribution in [0.15, 0.2) is 42.5 Å². The van der Waals surface area contributed by atoms with Crippen molar-refractivity contribution < 1.29 is 0 Å². The fraction of sp³-hybridized carbons (Fsp3) is 0.176. The fourth-order valence-electron chi connectivity index (χ4n) is 2.34. The number of H-pyrrole nitrogens is 1. The van der Waals surface area contributed by atoms with Crippen molar-refractivity contribution in [3.63, 3.8) is 0 Å². The molecule has 0 aliphatic rings. The Bertz CT molecular complexity index is 827. The van der Waals surface area contributed by atoms with Crippen molar-refractivity contribution in [3.8, 4) is 22.8 Å². The molecule has 1 aromatic heterocycles. The summed E-state index contributed by atoms with van der Waals surface area (Å²) in [5, 5.41) is 8.28. The Morgan fingerprint density at radius 3 is 2.57 bits per heavy atom. The molecular formula is C17H16Cl2N4. The highest BCUT2D eigenvalue weighted by Gasteiger charge is 2.10. The molecule has 23 heavy (non-hydrogen) atoms. The largest absolute Gasteiger partial charge is 0.305 e. The number of halogens is 2. The predicted octanol–water partition coefficient (Wildman–Crippen LogP) is 4.51. The van der Waals surface area contributed by atoms with E-state index in [0.717, 1.165) is 17.7 Å². The first-order valence-electron chi connectivity index (χ1n) is 7.15. The van der Waals surface area contributed by atoms with Gasteiger partial charge in [-0.3, -0.25) is 5.10 Å². The highest BCUT2D eigenvalue weighted by Crippen LogP contribution is 2.28. The molecule has 0 bridgehead atoms. The third-order valence-electron chi connectivity index (χ3n) is 3.36. The molecule has 0 atom stereocenters. The topological polar surface area (TPSA) is 44.8 Å². The summed E-state index contributed by atoms with van der Waals surface area (Å²) in [4.78, 5) is 6.68. The number of hydrogen-bond donors (Lipinski definition) is 1. The van der Waals surface area contributed by atoms with Gasteiger partial charge in [0.25, 0.3) is 0 Å². The molecule has 0 amide bonds. The maximum Gasteiger partial charge on any atom is 0.181 e. The summed E-state index contributed by atoms with van der Waals surface area (Å²) in [6, 6.07) is 13.6. The van der Waals surface area contributed by atoms with Gasteiger partial charge in [-0.25, -0.2) is 4.98 Å². The van der Waals surface area contributed by atoms with Crippen LogP contribution in [0, 0.1) is 0 Å². The lowest BCUT2D eigenvalue weighted by molar-refractivity contribution is 0.402. The fourth-order valence-corrected chi connectivity index (χ4v) is 2.64. The van der Waals surface area contributed by atoms with Gasteiger partial charge in [-0.2, -0.15) is 5.10 Å². The predicted molar refractivity (Wildman–Crippen MR) is 94.7 cm³/mol. The first kappa shape index (κ1) is 16.0. The minimum atomic E-state index is 0.495. The van der Waals surface area contributed by atoms with Crippen molar-refractivity contribution in [1.82, 2.24) is 20.1 Å². The summed E-state index contributed by atoms with van der Waals surface area (Å²) in [5.74, 6) is 1.32. The van der Waals surface area contributed by atoms with Crippen molar-refractivity contribution in [2.45, 2.75) is 6.54 Å². The van der Waals surface area contributed by atoms with E-state index < -0.39 is 0 Å². The molecule has 4 nitrogen and oxygen atoms in total. The van der Waals surface area contributed by atoms with Crippen molar-refractivity contribution in [3.05, 3.63) is 58.1 Å². The van der Waals surface area contributed by atoms with E-state index in [9.17, 15) is 0 Å². The summed E-state index contributed by atoms with van der Waals surface area (Å²) >= 11 is 12.0. The van der Waals surface area contributed by atoms with Crippen molar-refractivity contribution in [2.24, 2.45) is 0 Å². The van der Waals surface area contributed by atoms with Gasteiger partial charge in [0.1, 0.15) is 0 Å². The summed E-state index contributed by atoms with van der Waals surface area (Å²) in [6.45, 7) is 0.873. The van der Waals surface area contributed by atoms with Crippen LogP contribution in [-0.2, 0) is 6.54 Å². The van der Waals surface area contributed by atoms with E-state index >= 15 is 0 Å². The molecule has 0 spiro atoms. The minimum absolute atomic E-state index is 0.495. The van der Waals surface area contributed by atoms with Gasteiger partial charge >= 0.3 is 0 Å². The molecule has 0 aliphatic carbocycles. The van der Waals surface area contributed by atoms with Crippen LogP contribution in [0.5, 0.6) is 0 Å². The molecule has 0 radical (unpaired) electrons. The first-order chi connectivity index (χ1) is 11.0. The van der Waals surface area contributed by atoms with E-state index in [2.05, 4.69) is 32.2 Å². The van der Waals surface area contributed by atoms with Crippen LogP contribution >= 0.6 is 23.2 Å². The second-order valence-corrected chi connectivity index (χ2v) is 6.39. The molecule has 0 aliphatic heterocycles. The number of aromatic nitrogens is 3. The van der Waals surface area contributed by atoms with Gasteiger partial charge in [0.05, 0.1) is 10.0 Å². The van der Waals surface area contributed by atoms with Crippen LogP contribution in [0.2, 0.25) is 10.0 Å². The monoisotopic (exact) mass is 346 g/mol. The van der Waals surface area contributed by atoms with Crippen molar-refractivity contribution in [1.29, 1.82) is 0 Å². The van der Waals surface area contributed by atoms with Gasteiger partial charge in [-0.1, -0.05) is 41.4 Å². The van der Waals surface area contributed by atoms with Crippen molar-refractivity contribution >= 4 is 23.2 Å². The summed E-state index contributed by atoms with van der Waals surface area (Å²) < 4.78 is 0. The van der Waals surface area contributed by atoms with Gasteiger partial charge in [-0.15, -0.1) is 0 Å². The molecule has 118 valence electrons. The normalized spacial score (nSPS) is 11.2. The lowest BCUT2D eigenvalue weighted by Crippen LogP contribution is -2.10. The number of hydrogen-bond acceptors (Lipinski definition) is 3. The van der Waals surface area contributed by atoms with Crippen LogP contribution in [0.3, 0.4) is 0 Å². The molecule has 0 unspecified atom stereocenters. The first-order valence-corrected chi connectivity index (χ1v) is 7.90. The van der Waals surface area contributed by atoms with E-state index in [4.69, 9.17) is 23.2 Å². The Morgan fingerprint density at radius 1 is 1.00 bits per heavy atom. The Labute approximate surface area is 145 Å². The summed E-state index contributed by atoms with van der Waals surface area (Å²) in [5.41, 5.74) is 3.04. The van der Waals surface area contributed by atoms with Gasteiger partial charge in [-0.05, 0) is 43.9 Å². The average molecular weight is 347 g/mol. The third kappa shape index (κ3) is 3.72. The maximum absolute atomic E-state index is 6.06. The maximum atomic E-state index is 6.06. The van der Waals surface area contributed by atoms with Crippen molar-refractivity contribution in [2.75, 3.05) is 14.1 Å². The Balaban J connectivity index is 1.91. The number of nitrogens with zero attached hydrogens (tertiary/aromatic N) is 3. The summed E-state index contributed by atoms with van der Waals surface area (Å²) in [6.07, 6.45) is 0. The molecular weight excluding hydrogens is 331 g/mol. The van der Waals surface area contributed by atoms with Gasteiger partial charge in [0.15, 0.2) is 11.6 Å². The van der Waals surface area contributed by atoms with Gasteiger partial charge in [0, 0.05) is 17.7 Å². The second kappa shape index (κ2) is 6.71. The highest BCUT2D eigenvalue weighted by molar-refractivity contribution is 6.42. The average Bonchev–Trinajstić information content (AvgIpc) is 2.99. The second-order valence-electron chi connectivity index (χ2n) is 5.57. The van der Waals surface area contributed by atoms with Gasteiger partial charge < -0.3 is 4.90 Å². The summed E-state index contributed by atoms with van der Waals surface area (Å²) in [7, 11) is 4.09. The minimum Gasteiger partial charge on any atom is -0.305 e. The standard InChI is InChI=1S/C17H16Cl2N4/c1-23(2)10-11-4-3-5-12(8-11)16-20-17(22-21-16)13-6-7-14(18)15(19)9-13/h3-9H,10H2,1-2H3,(H,20,21,22). The number of rotatable bonds is 4. The van der Waals surface area contributed by atoms with Crippen LogP contribution in [-0.4, -0.2) is 34.2 Å². The number of benzene rings is 2. The molecule has 6 heteroatoms. The molecule has 2 aromatic carbocycles. The quantitative estimate of drug-likeness (QED) is 0.755. The van der Waals surface area contributed by atoms with E-state index in [1.165, 1.54) is 5.56 Å². The molecule has 3 rings (SSSR count). The molecule has 3 aromatic rings. The van der Waals surface area contributed by atoms with Gasteiger partial charge in [0.2, 0.25) is 0 Å². The lowest BCUT2D eigenvalue weighted by Gasteiger charge is -2.09. The van der Waals surface area contributed by atoms with E-state index in [0.29, 0.717) is 21.7 Å². The van der Waals surface area contributed by atoms with Crippen LogP contribution < -0.4 is 0 Å². The SMILES string of the molecule is CN(C)Cc1cccc(-c2n[nH]c(-c3ccc(Cl)c(Cl)c3)n2)c1. The molecule has 1 N–H and O–H groups in total. The molecule has 1 heterocycles. The van der Waals surface area contributed by atoms with E-state index in [1.54, 1.807) is 12.1 Å².